The molecule has 7 nitrogen and oxygen atoms in total. The maximum absolute atomic E-state index is 15.3. The second-order valence-corrected chi connectivity index (χ2v) is 12.8. The van der Waals surface area contributed by atoms with Gasteiger partial charge in [0.1, 0.15) is 11.9 Å². The van der Waals surface area contributed by atoms with E-state index >= 15 is 4.39 Å². The van der Waals surface area contributed by atoms with E-state index < -0.39 is 56.7 Å². The van der Waals surface area contributed by atoms with Crippen molar-refractivity contribution in [3.8, 4) is 0 Å². The molecular weight excluding hydrogens is 538 g/mol. The lowest BCUT2D eigenvalue weighted by Crippen LogP contribution is -2.53. The zero-order chi connectivity index (χ0) is 28.5. The fourth-order valence-corrected chi connectivity index (χ4v) is 7.06. The topological polar surface area (TPSA) is 110 Å². The monoisotopic (exact) mass is 567 g/mol. The van der Waals surface area contributed by atoms with Gasteiger partial charge in [0.05, 0.1) is 21.6 Å². The third-order valence-electron chi connectivity index (χ3n) is 8.25. The molecule has 1 saturated heterocycles. The fraction of sp³-hybridized carbons (Fsp3) is 0.481. The minimum absolute atomic E-state index is 0.0281. The van der Waals surface area contributed by atoms with Crippen molar-refractivity contribution in [2.45, 2.75) is 61.2 Å². The van der Waals surface area contributed by atoms with Crippen LogP contribution >= 0.6 is 0 Å². The van der Waals surface area contributed by atoms with Crippen molar-refractivity contribution >= 4 is 27.3 Å². The quantitative estimate of drug-likeness (QED) is 0.462. The first kappa shape index (κ1) is 27.4. The standard InChI is InChI=1S/C27H29F4N3O4S/c1-3-33-21-9-7-17(39(2,37)38)12-19(21)25(36)34-22(24(32)35)11-16-13-26(16,34)23(14-4-5-14)18-8-6-15(10-20(18)28)27(29,30)31/h6-10,12,14,16,22-23,33H,3-5,11,13H2,1-2H3,(H2,32,35)/t16?,22?,23-,26?/m1/s1. The Morgan fingerprint density at radius 1 is 1.18 bits per heavy atom. The molecule has 1 heterocycles. The molecular formula is C27H29F4N3O4S. The average Bonchev–Trinajstić information content (AvgIpc) is 3.77. The number of carbonyl (C=O) groups excluding carboxylic acids is 2. The molecule has 0 spiro atoms. The number of anilines is 1. The predicted octanol–water partition coefficient (Wildman–Crippen LogP) is 4.33. The second-order valence-electron chi connectivity index (χ2n) is 10.8. The predicted molar refractivity (Wildman–Crippen MR) is 135 cm³/mol. The molecule has 39 heavy (non-hydrogen) atoms. The molecule has 2 aromatic carbocycles. The molecule has 2 amide bonds. The number of primary amides is 1. The number of likely N-dealkylation sites (tertiary alicyclic amines) is 1. The van der Waals surface area contributed by atoms with Crippen LogP contribution in [0.2, 0.25) is 0 Å². The molecule has 12 heteroatoms. The van der Waals surface area contributed by atoms with Crippen molar-refractivity contribution in [2.24, 2.45) is 17.6 Å². The molecule has 3 unspecified atom stereocenters. The number of hydrogen-bond donors (Lipinski definition) is 2. The van der Waals surface area contributed by atoms with E-state index in [1.54, 1.807) is 6.92 Å². The first-order chi connectivity index (χ1) is 18.2. The molecule has 2 aliphatic carbocycles. The Morgan fingerprint density at radius 3 is 2.41 bits per heavy atom. The molecule has 3 N–H and O–H groups in total. The number of piperidine rings is 1. The van der Waals surface area contributed by atoms with Gasteiger partial charge in [0.25, 0.3) is 5.91 Å². The number of nitrogens with two attached hydrogens (primary N) is 1. The number of rotatable bonds is 8. The van der Waals surface area contributed by atoms with Gasteiger partial charge in [-0.05, 0) is 80.3 Å². The molecule has 2 aromatic rings. The summed E-state index contributed by atoms with van der Waals surface area (Å²) < 4.78 is 79.7. The van der Waals surface area contributed by atoms with Crippen LogP contribution in [0.4, 0.5) is 23.2 Å². The average molecular weight is 568 g/mol. The van der Waals surface area contributed by atoms with Crippen LogP contribution in [0.1, 0.15) is 60.0 Å². The molecule has 1 aliphatic heterocycles. The smallest absolute Gasteiger partial charge is 0.385 e. The summed E-state index contributed by atoms with van der Waals surface area (Å²) in [6, 6.07) is 5.54. The summed E-state index contributed by atoms with van der Waals surface area (Å²) in [4.78, 5) is 28.1. The van der Waals surface area contributed by atoms with E-state index in [0.29, 0.717) is 37.6 Å². The highest BCUT2D eigenvalue weighted by Gasteiger charge is 2.73. The van der Waals surface area contributed by atoms with Crippen LogP contribution in [0.25, 0.3) is 0 Å². The molecule has 3 aliphatic rings. The number of fused-ring (bicyclic) bond motifs is 1. The second kappa shape index (κ2) is 9.21. The van der Waals surface area contributed by atoms with Gasteiger partial charge in [-0.25, -0.2) is 12.8 Å². The Balaban J connectivity index is 1.64. The lowest BCUT2D eigenvalue weighted by Gasteiger charge is -2.39. The minimum Gasteiger partial charge on any atom is -0.385 e. The van der Waals surface area contributed by atoms with Crippen LogP contribution in [-0.4, -0.2) is 49.5 Å². The third kappa shape index (κ3) is 4.66. The number of nitrogens with zero attached hydrogens (tertiary/aromatic N) is 1. The molecule has 0 aromatic heterocycles. The van der Waals surface area contributed by atoms with Gasteiger partial charge >= 0.3 is 6.18 Å². The van der Waals surface area contributed by atoms with Crippen molar-refractivity contribution in [3.63, 3.8) is 0 Å². The van der Waals surface area contributed by atoms with Crippen LogP contribution in [-0.2, 0) is 20.8 Å². The molecule has 5 rings (SSSR count). The van der Waals surface area contributed by atoms with Gasteiger partial charge < -0.3 is 16.0 Å². The summed E-state index contributed by atoms with van der Waals surface area (Å²) in [5.41, 5.74) is 4.06. The third-order valence-corrected chi connectivity index (χ3v) is 9.36. The van der Waals surface area contributed by atoms with Crippen LogP contribution in [0.5, 0.6) is 0 Å². The van der Waals surface area contributed by atoms with Crippen LogP contribution in [0, 0.1) is 17.7 Å². The van der Waals surface area contributed by atoms with E-state index in [2.05, 4.69) is 5.32 Å². The SMILES string of the molecule is CCNc1ccc(S(C)(=O)=O)cc1C(=O)N1C(C(N)=O)CC2CC21[C@@H](c1ccc(C(F)(F)F)cc1F)C1CC1. The zero-order valence-electron chi connectivity index (χ0n) is 21.4. The molecule has 2 saturated carbocycles. The number of hydrogen-bond acceptors (Lipinski definition) is 5. The van der Waals surface area contributed by atoms with Gasteiger partial charge in [0, 0.05) is 24.4 Å². The molecule has 0 radical (unpaired) electrons. The highest BCUT2D eigenvalue weighted by molar-refractivity contribution is 7.90. The first-order valence-corrected chi connectivity index (χ1v) is 14.7. The highest BCUT2D eigenvalue weighted by Crippen LogP contribution is 2.69. The Morgan fingerprint density at radius 2 is 1.87 bits per heavy atom. The Hall–Kier alpha value is -3.15. The van der Waals surface area contributed by atoms with Crippen molar-refractivity contribution < 1.29 is 35.6 Å². The van der Waals surface area contributed by atoms with Crippen molar-refractivity contribution in [3.05, 3.63) is 58.9 Å². The van der Waals surface area contributed by atoms with Crippen LogP contribution in [0.15, 0.2) is 41.3 Å². The van der Waals surface area contributed by atoms with Crippen LogP contribution < -0.4 is 11.1 Å². The maximum Gasteiger partial charge on any atom is 0.416 e. The summed E-state index contributed by atoms with van der Waals surface area (Å²) in [6.07, 6.45) is -1.61. The summed E-state index contributed by atoms with van der Waals surface area (Å²) >= 11 is 0. The largest absolute Gasteiger partial charge is 0.416 e. The summed E-state index contributed by atoms with van der Waals surface area (Å²) in [5, 5.41) is 3.04. The molecule has 0 bridgehead atoms. The number of sulfone groups is 1. The normalized spacial score (nSPS) is 25.2. The van der Waals surface area contributed by atoms with E-state index in [-0.39, 0.29) is 34.3 Å². The Labute approximate surface area is 223 Å². The number of benzene rings is 2. The molecule has 210 valence electrons. The lowest BCUT2D eigenvalue weighted by atomic mass is 9.82. The molecule has 4 atom stereocenters. The van der Waals surface area contributed by atoms with Crippen molar-refractivity contribution in [1.29, 1.82) is 0 Å². The minimum atomic E-state index is -4.71. The Kier molecular flexibility index (Phi) is 6.47. The zero-order valence-corrected chi connectivity index (χ0v) is 22.2. The van der Waals surface area contributed by atoms with E-state index in [4.69, 9.17) is 5.73 Å². The van der Waals surface area contributed by atoms with E-state index in [9.17, 15) is 31.2 Å². The summed E-state index contributed by atoms with van der Waals surface area (Å²) in [7, 11) is -3.68. The Bertz CT molecular complexity index is 1460. The van der Waals surface area contributed by atoms with Crippen molar-refractivity contribution in [2.75, 3.05) is 18.1 Å². The highest BCUT2D eigenvalue weighted by atomic mass is 32.2. The van der Waals surface area contributed by atoms with E-state index in [1.165, 1.54) is 23.1 Å². The number of alkyl halides is 3. The molecule has 3 fully saturated rings. The number of carbonyl (C=O) groups is 2. The number of halogens is 4. The fourth-order valence-electron chi connectivity index (χ4n) is 6.41. The van der Waals surface area contributed by atoms with Gasteiger partial charge in [-0.2, -0.15) is 13.2 Å². The van der Waals surface area contributed by atoms with Gasteiger partial charge in [-0.1, -0.05) is 6.07 Å². The van der Waals surface area contributed by atoms with Crippen LogP contribution in [0.3, 0.4) is 0 Å². The first-order valence-electron chi connectivity index (χ1n) is 12.8. The number of amides is 2. The maximum atomic E-state index is 15.3. The van der Waals surface area contributed by atoms with Gasteiger partial charge in [-0.3, -0.25) is 9.59 Å². The van der Waals surface area contributed by atoms with E-state index in [0.717, 1.165) is 18.4 Å². The lowest BCUT2D eigenvalue weighted by molar-refractivity contribution is -0.137. The van der Waals surface area contributed by atoms with Gasteiger partial charge in [0.15, 0.2) is 9.84 Å². The van der Waals surface area contributed by atoms with E-state index in [1.807, 2.05) is 0 Å². The van der Waals surface area contributed by atoms with Gasteiger partial charge in [-0.15, -0.1) is 0 Å². The summed E-state index contributed by atoms with van der Waals surface area (Å²) in [5.74, 6) is -3.31. The summed E-state index contributed by atoms with van der Waals surface area (Å²) in [6.45, 7) is 2.22. The number of nitrogens with one attached hydrogen (secondary N) is 1. The van der Waals surface area contributed by atoms with Gasteiger partial charge in [0.2, 0.25) is 5.91 Å². The van der Waals surface area contributed by atoms with Crippen molar-refractivity contribution in [1.82, 2.24) is 4.90 Å².